The van der Waals surface area contributed by atoms with Gasteiger partial charge in [-0.25, -0.2) is 4.68 Å². The van der Waals surface area contributed by atoms with Crippen LogP contribution in [0.5, 0.6) is 0 Å². The number of rotatable bonds is 2. The first-order valence-corrected chi connectivity index (χ1v) is 9.45. The lowest BCUT2D eigenvalue weighted by Gasteiger charge is -2.43. The number of hydrogen-bond acceptors (Lipinski definition) is 3. The molecule has 0 bridgehead atoms. The summed E-state index contributed by atoms with van der Waals surface area (Å²) in [5, 5.41) is 3.63. The van der Waals surface area contributed by atoms with Crippen LogP contribution in [0, 0.1) is 5.41 Å². The molecule has 1 aromatic carbocycles. The first-order valence-electron chi connectivity index (χ1n) is 9.45. The summed E-state index contributed by atoms with van der Waals surface area (Å²) in [4.78, 5) is 42.0. The highest BCUT2D eigenvalue weighted by atomic mass is 16.2. The Morgan fingerprint density at radius 3 is 2.64 bits per heavy atom. The molecule has 0 saturated carbocycles. The fourth-order valence-corrected chi connectivity index (χ4v) is 4.22. The van der Waals surface area contributed by atoms with Crippen molar-refractivity contribution in [3.63, 3.8) is 0 Å². The highest BCUT2D eigenvalue weighted by molar-refractivity contribution is 5.86. The maximum atomic E-state index is 13.1. The number of para-hydroxylation sites is 1. The van der Waals surface area contributed by atoms with Gasteiger partial charge in [-0.2, -0.15) is 0 Å². The van der Waals surface area contributed by atoms with Crippen molar-refractivity contribution in [1.82, 2.24) is 19.7 Å². The molecular formula is C21H24N4O3. The van der Waals surface area contributed by atoms with Crippen molar-refractivity contribution in [2.45, 2.75) is 39.8 Å². The number of fused-ring (bicyclic) bond motifs is 3. The number of nitrogens with one attached hydrogen (secondary N) is 2. The highest BCUT2D eigenvalue weighted by Gasteiger charge is 2.40. The van der Waals surface area contributed by atoms with E-state index in [0.717, 1.165) is 22.3 Å². The molecule has 3 heterocycles. The molecule has 7 heteroatoms. The molecule has 1 aliphatic heterocycles. The zero-order chi connectivity index (χ0) is 20.1. The summed E-state index contributed by atoms with van der Waals surface area (Å²) in [6.07, 6.45) is 0.748. The number of carbonyl (C=O) groups is 1. The Morgan fingerprint density at radius 1 is 1.14 bits per heavy atom. The zero-order valence-electron chi connectivity index (χ0n) is 16.3. The molecule has 0 saturated heterocycles. The maximum absolute atomic E-state index is 13.1. The van der Waals surface area contributed by atoms with E-state index < -0.39 is 11.1 Å². The third kappa shape index (κ3) is 3.06. The summed E-state index contributed by atoms with van der Waals surface area (Å²) in [6.45, 7) is 6.71. The van der Waals surface area contributed by atoms with Crippen LogP contribution in [-0.2, 0) is 17.8 Å². The first kappa shape index (κ1) is 18.3. The van der Waals surface area contributed by atoms with Gasteiger partial charge in [0.15, 0.2) is 0 Å². The van der Waals surface area contributed by atoms with Gasteiger partial charge in [0.05, 0.1) is 6.04 Å². The highest BCUT2D eigenvalue weighted by Crippen LogP contribution is 2.44. The molecule has 146 valence electrons. The average molecular weight is 380 g/mol. The summed E-state index contributed by atoms with van der Waals surface area (Å²) in [5.74, 6) is -0.187. The summed E-state index contributed by atoms with van der Waals surface area (Å²) in [6, 6.07) is 10.4. The molecule has 1 amide bonds. The van der Waals surface area contributed by atoms with E-state index in [4.69, 9.17) is 0 Å². The smallest absolute Gasteiger partial charge is 0.265 e. The number of H-pyrrole nitrogens is 2. The molecule has 0 spiro atoms. The second-order valence-electron chi connectivity index (χ2n) is 8.40. The van der Waals surface area contributed by atoms with E-state index in [1.807, 2.05) is 23.1 Å². The van der Waals surface area contributed by atoms with Gasteiger partial charge in [-0.15, -0.1) is 0 Å². The van der Waals surface area contributed by atoms with Crippen molar-refractivity contribution >= 4 is 16.8 Å². The predicted octanol–water partition coefficient (Wildman–Crippen LogP) is 2.19. The number of aromatic nitrogens is 3. The van der Waals surface area contributed by atoms with E-state index in [9.17, 15) is 14.4 Å². The quantitative estimate of drug-likeness (QED) is 0.714. The van der Waals surface area contributed by atoms with E-state index in [0.29, 0.717) is 6.54 Å². The van der Waals surface area contributed by atoms with Crippen LogP contribution in [0.25, 0.3) is 10.9 Å². The molecular weight excluding hydrogens is 356 g/mol. The van der Waals surface area contributed by atoms with Crippen LogP contribution in [0.2, 0.25) is 0 Å². The Balaban J connectivity index is 1.74. The molecule has 0 fully saturated rings. The van der Waals surface area contributed by atoms with Gasteiger partial charge in [0.1, 0.15) is 6.54 Å². The monoisotopic (exact) mass is 380 g/mol. The number of hydrogen-bond donors (Lipinski definition) is 2. The number of nitrogens with zero attached hydrogens (tertiary/aromatic N) is 2. The van der Waals surface area contributed by atoms with Crippen LogP contribution in [-0.4, -0.2) is 32.1 Å². The van der Waals surface area contributed by atoms with E-state index in [2.05, 4.69) is 36.9 Å². The van der Waals surface area contributed by atoms with Gasteiger partial charge in [0, 0.05) is 35.3 Å². The third-order valence-corrected chi connectivity index (χ3v) is 5.36. The van der Waals surface area contributed by atoms with Gasteiger partial charge >= 0.3 is 0 Å². The molecule has 4 rings (SSSR count). The van der Waals surface area contributed by atoms with Crippen LogP contribution in [0.3, 0.4) is 0 Å². The van der Waals surface area contributed by atoms with Gasteiger partial charge in [0.25, 0.3) is 11.1 Å². The summed E-state index contributed by atoms with van der Waals surface area (Å²) in [5.41, 5.74) is 2.37. The van der Waals surface area contributed by atoms with Crippen LogP contribution >= 0.6 is 0 Å². The largest absolute Gasteiger partial charge is 0.356 e. The number of carbonyl (C=O) groups excluding carboxylic acids is 1. The summed E-state index contributed by atoms with van der Waals surface area (Å²) in [7, 11) is 0. The van der Waals surface area contributed by atoms with E-state index in [-0.39, 0.29) is 23.9 Å². The fraction of sp³-hybridized carbons (Fsp3) is 0.381. The average Bonchev–Trinajstić information content (AvgIpc) is 3.01. The second-order valence-corrected chi connectivity index (χ2v) is 8.40. The molecule has 28 heavy (non-hydrogen) atoms. The fourth-order valence-electron chi connectivity index (χ4n) is 4.22. The minimum absolute atomic E-state index is 0.151. The second kappa shape index (κ2) is 6.51. The van der Waals surface area contributed by atoms with Crippen LogP contribution in [0.1, 0.15) is 38.1 Å². The molecule has 3 aromatic rings. The van der Waals surface area contributed by atoms with Crippen molar-refractivity contribution < 1.29 is 4.79 Å². The Morgan fingerprint density at radius 2 is 1.89 bits per heavy atom. The lowest BCUT2D eigenvalue weighted by Crippen LogP contribution is -2.47. The van der Waals surface area contributed by atoms with Gasteiger partial charge in [-0.1, -0.05) is 39.0 Å². The van der Waals surface area contributed by atoms with E-state index >= 15 is 0 Å². The van der Waals surface area contributed by atoms with Crippen molar-refractivity contribution in [1.29, 1.82) is 0 Å². The van der Waals surface area contributed by atoms with Crippen LogP contribution in [0.4, 0.5) is 0 Å². The molecule has 0 radical (unpaired) electrons. The van der Waals surface area contributed by atoms with Gasteiger partial charge in [0.2, 0.25) is 5.91 Å². The van der Waals surface area contributed by atoms with E-state index in [1.54, 1.807) is 0 Å². The number of benzene rings is 1. The third-order valence-electron chi connectivity index (χ3n) is 5.36. The number of aromatic amines is 2. The van der Waals surface area contributed by atoms with Crippen molar-refractivity contribution in [2.24, 2.45) is 5.41 Å². The predicted molar refractivity (Wildman–Crippen MR) is 107 cm³/mol. The molecule has 1 aliphatic rings. The molecule has 7 nitrogen and oxygen atoms in total. The SMILES string of the molecule is CC(C)(C)[C@@H]1c2[nH]c3ccccc3c2CCN1C(=O)Cn1[nH]c(=O)ccc1=O. The molecule has 0 aliphatic carbocycles. The number of amides is 1. The summed E-state index contributed by atoms with van der Waals surface area (Å²) >= 11 is 0. The minimum Gasteiger partial charge on any atom is -0.356 e. The minimum atomic E-state index is -0.406. The van der Waals surface area contributed by atoms with Crippen molar-refractivity contribution in [3.8, 4) is 0 Å². The standard InChI is InChI=1S/C21H24N4O3/c1-21(2,3)20-19-14(13-6-4-5-7-15(13)22-19)10-11-24(20)18(28)12-25-17(27)9-8-16(26)23-25/h4-9,20,22H,10-12H2,1-3H3,(H,23,26)/t20-/m0/s1. The van der Waals surface area contributed by atoms with Crippen LogP contribution in [0.15, 0.2) is 46.0 Å². The van der Waals surface area contributed by atoms with E-state index in [1.165, 1.54) is 23.1 Å². The maximum Gasteiger partial charge on any atom is 0.265 e. The molecule has 1 atom stereocenters. The Bertz CT molecular complexity index is 1160. The van der Waals surface area contributed by atoms with Gasteiger partial charge in [-0.3, -0.25) is 19.5 Å². The Hall–Kier alpha value is -3.09. The lowest BCUT2D eigenvalue weighted by molar-refractivity contribution is -0.137. The topological polar surface area (TPSA) is 91.0 Å². The molecule has 2 N–H and O–H groups in total. The first-order chi connectivity index (χ1) is 13.3. The lowest BCUT2D eigenvalue weighted by atomic mass is 9.79. The normalized spacial score (nSPS) is 17.0. The van der Waals surface area contributed by atoms with Crippen LogP contribution < -0.4 is 11.1 Å². The Kier molecular flexibility index (Phi) is 4.25. The molecule has 0 unspecified atom stereocenters. The molecule has 2 aromatic heterocycles. The van der Waals surface area contributed by atoms with Crippen molar-refractivity contribution in [3.05, 3.63) is 68.4 Å². The summed E-state index contributed by atoms with van der Waals surface area (Å²) < 4.78 is 1.07. The zero-order valence-corrected chi connectivity index (χ0v) is 16.3. The Labute approximate surface area is 162 Å². The van der Waals surface area contributed by atoms with Gasteiger partial charge < -0.3 is 9.88 Å². The van der Waals surface area contributed by atoms with Crippen molar-refractivity contribution in [2.75, 3.05) is 6.54 Å². The van der Waals surface area contributed by atoms with Gasteiger partial charge in [-0.05, 0) is 23.5 Å².